The monoisotopic (exact) mass is 350 g/mol. The van der Waals surface area contributed by atoms with Crippen LogP contribution in [0.15, 0.2) is 35.0 Å². The fourth-order valence-electron chi connectivity index (χ4n) is 2.49. The van der Waals surface area contributed by atoms with E-state index in [1.165, 1.54) is 18.7 Å². The van der Waals surface area contributed by atoms with Crippen LogP contribution in [0.2, 0.25) is 0 Å². The second-order valence-electron chi connectivity index (χ2n) is 5.81. The number of hydrogen-bond acceptors (Lipinski definition) is 4. The first kappa shape index (κ1) is 18.4. The van der Waals surface area contributed by atoms with Crippen molar-refractivity contribution in [3.63, 3.8) is 0 Å². The largest absolute Gasteiger partial charge is 0.494 e. The van der Waals surface area contributed by atoms with Gasteiger partial charge in [0.2, 0.25) is 5.91 Å². The van der Waals surface area contributed by atoms with Crippen LogP contribution in [0.4, 0.5) is 4.39 Å². The summed E-state index contributed by atoms with van der Waals surface area (Å²) in [7, 11) is 5.42. The van der Waals surface area contributed by atoms with Crippen LogP contribution in [0.5, 0.6) is 5.75 Å². The lowest BCUT2D eigenvalue weighted by Gasteiger charge is -2.24. The number of halogens is 1. The molecule has 2 aromatic rings. The highest BCUT2D eigenvalue weighted by molar-refractivity contribution is 7.07. The van der Waals surface area contributed by atoms with E-state index in [0.29, 0.717) is 19.4 Å². The third-order valence-corrected chi connectivity index (χ3v) is 4.60. The first-order valence-corrected chi connectivity index (χ1v) is 8.73. The first-order chi connectivity index (χ1) is 11.5. The Kier molecular flexibility index (Phi) is 6.75. The molecule has 2 rings (SSSR count). The van der Waals surface area contributed by atoms with Crippen LogP contribution in [0.25, 0.3) is 0 Å². The number of amides is 1. The summed E-state index contributed by atoms with van der Waals surface area (Å²) >= 11 is 1.65. The quantitative estimate of drug-likeness (QED) is 0.795. The van der Waals surface area contributed by atoms with Crippen molar-refractivity contribution >= 4 is 17.2 Å². The van der Waals surface area contributed by atoms with Crippen LogP contribution in [0, 0.1) is 5.82 Å². The number of likely N-dealkylation sites (N-methyl/N-ethyl adjacent to an activating group) is 1. The lowest BCUT2D eigenvalue weighted by Crippen LogP contribution is -2.34. The summed E-state index contributed by atoms with van der Waals surface area (Å²) in [4.78, 5) is 14.2. The van der Waals surface area contributed by atoms with Gasteiger partial charge in [-0.3, -0.25) is 4.79 Å². The summed E-state index contributed by atoms with van der Waals surface area (Å²) in [6.07, 6.45) is 0.827. The van der Waals surface area contributed by atoms with Gasteiger partial charge in [-0.05, 0) is 60.6 Å². The van der Waals surface area contributed by atoms with Crippen molar-refractivity contribution in [2.24, 2.45) is 0 Å². The number of thiophene rings is 1. The summed E-state index contributed by atoms with van der Waals surface area (Å²) in [5.74, 6) is -0.221. The van der Waals surface area contributed by atoms with Gasteiger partial charge in [-0.15, -0.1) is 0 Å². The number of nitrogens with zero attached hydrogens (tertiary/aromatic N) is 1. The van der Waals surface area contributed by atoms with Gasteiger partial charge in [-0.25, -0.2) is 4.39 Å². The second-order valence-corrected chi connectivity index (χ2v) is 6.59. The van der Waals surface area contributed by atoms with E-state index in [1.54, 1.807) is 23.5 Å². The number of methoxy groups -OCH3 is 1. The number of hydrogen-bond donors (Lipinski definition) is 1. The Hall–Kier alpha value is -1.92. The SMILES string of the molecule is COc1ccc(CCC(=O)NCC(c2ccsc2)N(C)C)cc1F. The normalized spacial score (nSPS) is 12.2. The van der Waals surface area contributed by atoms with Crippen molar-refractivity contribution in [1.29, 1.82) is 0 Å². The van der Waals surface area contributed by atoms with Gasteiger partial charge < -0.3 is 15.0 Å². The van der Waals surface area contributed by atoms with Gasteiger partial charge in [0.25, 0.3) is 0 Å². The van der Waals surface area contributed by atoms with Gasteiger partial charge in [-0.1, -0.05) is 6.07 Å². The molecule has 0 saturated heterocycles. The Bertz CT molecular complexity index is 659. The highest BCUT2D eigenvalue weighted by Crippen LogP contribution is 2.20. The molecule has 0 spiro atoms. The number of nitrogens with one attached hydrogen (secondary N) is 1. The van der Waals surface area contributed by atoms with Crippen molar-refractivity contribution in [2.45, 2.75) is 18.9 Å². The van der Waals surface area contributed by atoms with Gasteiger partial charge >= 0.3 is 0 Å². The van der Waals surface area contributed by atoms with Crippen LogP contribution in [-0.4, -0.2) is 38.6 Å². The van der Waals surface area contributed by atoms with E-state index in [-0.39, 0.29) is 17.7 Å². The molecule has 1 N–H and O–H groups in total. The van der Waals surface area contributed by atoms with Gasteiger partial charge in [-0.2, -0.15) is 11.3 Å². The van der Waals surface area contributed by atoms with Gasteiger partial charge in [0.1, 0.15) is 0 Å². The Balaban J connectivity index is 1.83. The van der Waals surface area contributed by atoms with E-state index < -0.39 is 5.82 Å². The number of carbonyl (C=O) groups excluding carboxylic acids is 1. The lowest BCUT2D eigenvalue weighted by molar-refractivity contribution is -0.121. The summed E-state index contributed by atoms with van der Waals surface area (Å²) in [5, 5.41) is 7.09. The van der Waals surface area contributed by atoms with E-state index >= 15 is 0 Å². The number of aryl methyl sites for hydroxylation is 1. The van der Waals surface area contributed by atoms with Crippen molar-refractivity contribution in [3.8, 4) is 5.75 Å². The van der Waals surface area contributed by atoms with E-state index in [1.807, 2.05) is 19.5 Å². The molecule has 24 heavy (non-hydrogen) atoms. The zero-order valence-corrected chi connectivity index (χ0v) is 15.0. The van der Waals surface area contributed by atoms with Crippen LogP contribution in [0.1, 0.15) is 23.6 Å². The third kappa shape index (κ3) is 5.04. The molecular weight excluding hydrogens is 327 g/mol. The minimum atomic E-state index is -0.402. The predicted molar refractivity (Wildman–Crippen MR) is 95.0 cm³/mol. The molecular formula is C18H23FN2O2S. The first-order valence-electron chi connectivity index (χ1n) is 7.79. The highest BCUT2D eigenvalue weighted by atomic mass is 32.1. The average Bonchev–Trinajstić information content (AvgIpc) is 3.07. The molecule has 1 amide bonds. The molecule has 0 aliphatic carbocycles. The van der Waals surface area contributed by atoms with E-state index in [0.717, 1.165) is 5.56 Å². The maximum absolute atomic E-state index is 13.6. The zero-order valence-electron chi connectivity index (χ0n) is 14.2. The maximum atomic E-state index is 13.6. The number of benzene rings is 1. The average molecular weight is 350 g/mol. The van der Waals surface area contributed by atoms with Crippen molar-refractivity contribution in [2.75, 3.05) is 27.7 Å². The molecule has 1 heterocycles. The Morgan fingerprint density at radius 3 is 2.75 bits per heavy atom. The Labute approximate surface area is 146 Å². The molecule has 1 aromatic carbocycles. The van der Waals surface area contributed by atoms with E-state index in [9.17, 15) is 9.18 Å². The van der Waals surface area contributed by atoms with E-state index in [4.69, 9.17) is 4.74 Å². The standard InChI is InChI=1S/C18H23FN2O2S/c1-21(2)16(14-8-9-24-12-14)11-20-18(22)7-5-13-4-6-17(23-3)15(19)10-13/h4,6,8-10,12,16H,5,7,11H2,1-3H3,(H,20,22). The lowest BCUT2D eigenvalue weighted by atomic mass is 10.1. The van der Waals surface area contributed by atoms with Crippen LogP contribution in [-0.2, 0) is 11.2 Å². The van der Waals surface area contributed by atoms with Crippen LogP contribution in [0.3, 0.4) is 0 Å². The Morgan fingerprint density at radius 2 is 2.17 bits per heavy atom. The number of rotatable bonds is 8. The molecule has 0 saturated carbocycles. The molecule has 1 atom stereocenters. The summed E-state index contributed by atoms with van der Waals surface area (Å²) in [6, 6.07) is 7.00. The second kappa shape index (κ2) is 8.80. The minimum absolute atomic E-state index is 0.0340. The van der Waals surface area contributed by atoms with Crippen LogP contribution < -0.4 is 10.1 Å². The molecule has 6 heteroatoms. The predicted octanol–water partition coefficient (Wildman–Crippen LogP) is 3.25. The molecule has 0 fully saturated rings. The molecule has 0 bridgehead atoms. The molecule has 0 radical (unpaired) electrons. The van der Waals surface area contributed by atoms with Crippen molar-refractivity contribution in [3.05, 3.63) is 52.0 Å². The zero-order chi connectivity index (χ0) is 17.5. The summed E-state index contributed by atoms with van der Waals surface area (Å²) < 4.78 is 18.5. The van der Waals surface area contributed by atoms with Crippen LogP contribution >= 0.6 is 11.3 Å². The minimum Gasteiger partial charge on any atom is -0.494 e. The fourth-order valence-corrected chi connectivity index (χ4v) is 3.19. The summed E-state index contributed by atoms with van der Waals surface area (Å²) in [5.41, 5.74) is 1.98. The smallest absolute Gasteiger partial charge is 0.220 e. The number of carbonyl (C=O) groups is 1. The number of ether oxygens (including phenoxy) is 1. The van der Waals surface area contributed by atoms with Gasteiger partial charge in [0.15, 0.2) is 11.6 Å². The summed E-state index contributed by atoms with van der Waals surface area (Å²) in [6.45, 7) is 0.555. The Morgan fingerprint density at radius 1 is 1.38 bits per heavy atom. The molecule has 0 aliphatic heterocycles. The molecule has 1 unspecified atom stereocenters. The van der Waals surface area contributed by atoms with Crippen molar-refractivity contribution < 1.29 is 13.9 Å². The molecule has 0 aliphatic rings. The molecule has 4 nitrogen and oxygen atoms in total. The third-order valence-electron chi connectivity index (χ3n) is 3.90. The maximum Gasteiger partial charge on any atom is 0.220 e. The molecule has 1 aromatic heterocycles. The van der Waals surface area contributed by atoms with Gasteiger partial charge in [0.05, 0.1) is 13.2 Å². The fraction of sp³-hybridized carbons (Fsp3) is 0.389. The topological polar surface area (TPSA) is 41.6 Å². The molecule has 130 valence electrons. The van der Waals surface area contributed by atoms with Gasteiger partial charge in [0, 0.05) is 13.0 Å². The highest BCUT2D eigenvalue weighted by Gasteiger charge is 2.15. The van der Waals surface area contributed by atoms with Crippen molar-refractivity contribution in [1.82, 2.24) is 10.2 Å². The van der Waals surface area contributed by atoms with E-state index in [2.05, 4.69) is 21.7 Å².